The molecule has 2 atom stereocenters. The zero-order valence-corrected chi connectivity index (χ0v) is 27.2. The van der Waals surface area contributed by atoms with Gasteiger partial charge in [0.1, 0.15) is 17.4 Å². The van der Waals surface area contributed by atoms with E-state index in [-0.39, 0.29) is 17.5 Å². The van der Waals surface area contributed by atoms with Gasteiger partial charge < -0.3 is 29.7 Å². The average Bonchev–Trinajstić information content (AvgIpc) is 3.34. The van der Waals surface area contributed by atoms with Crippen molar-refractivity contribution in [3.63, 3.8) is 0 Å². The number of aliphatic carboxylic acids is 1. The second kappa shape index (κ2) is 14.3. The molecule has 2 aromatic heterocycles. The first-order chi connectivity index (χ1) is 21.2. The first-order valence-electron chi connectivity index (χ1n) is 15.7. The van der Waals surface area contributed by atoms with Gasteiger partial charge in [-0.1, -0.05) is 12.1 Å². The van der Waals surface area contributed by atoms with Crippen LogP contribution >= 0.6 is 0 Å². The molecule has 1 aliphatic rings. The van der Waals surface area contributed by atoms with E-state index in [1.54, 1.807) is 30.5 Å². The number of rotatable bonds is 13. The van der Waals surface area contributed by atoms with Crippen molar-refractivity contribution in [1.82, 2.24) is 14.6 Å². The number of halogens is 1. The van der Waals surface area contributed by atoms with Gasteiger partial charge in [0.2, 0.25) is 0 Å². The molecule has 2 unspecified atom stereocenters. The first-order valence-corrected chi connectivity index (χ1v) is 15.7. The molecule has 1 aromatic carbocycles. The van der Waals surface area contributed by atoms with E-state index in [2.05, 4.69) is 11.8 Å². The number of allylic oxidation sites excluding steroid dienone is 1. The number of hydrogen-bond donors (Lipinski definition) is 3. The second-order valence-electron chi connectivity index (χ2n) is 13.2. The molecule has 3 aromatic rings. The van der Waals surface area contributed by atoms with Crippen LogP contribution in [0.1, 0.15) is 95.3 Å². The highest BCUT2D eigenvalue weighted by Gasteiger charge is 2.37. The molecule has 11 heteroatoms. The number of aromatic nitrogens is 3. The van der Waals surface area contributed by atoms with Gasteiger partial charge in [0.05, 0.1) is 28.6 Å². The van der Waals surface area contributed by atoms with Gasteiger partial charge in [-0.15, -0.1) is 0 Å². The molecule has 4 rings (SSSR count). The number of aliphatic hydroxyl groups excluding tert-OH is 1. The normalized spacial score (nSPS) is 16.8. The zero-order chi connectivity index (χ0) is 32.9. The first kappa shape index (κ1) is 34.3. The summed E-state index contributed by atoms with van der Waals surface area (Å²) in [7, 11) is 0. The Bertz CT molecular complexity index is 1500. The van der Waals surface area contributed by atoms with E-state index < -0.39 is 23.5 Å². The summed E-state index contributed by atoms with van der Waals surface area (Å²) in [5.74, 6) is -1.09. The number of unbranched alkanes of at least 4 members (excludes halogenated alkanes) is 1. The second-order valence-corrected chi connectivity index (χ2v) is 13.2. The summed E-state index contributed by atoms with van der Waals surface area (Å²) in [6, 6.07) is 5.75. The van der Waals surface area contributed by atoms with Gasteiger partial charge in [0.15, 0.2) is 11.8 Å². The third-order valence-corrected chi connectivity index (χ3v) is 8.04. The van der Waals surface area contributed by atoms with E-state index in [1.807, 2.05) is 32.9 Å². The molecule has 3 N–H and O–H groups in total. The Morgan fingerprint density at radius 3 is 2.53 bits per heavy atom. The van der Waals surface area contributed by atoms with Crippen molar-refractivity contribution >= 4 is 23.5 Å². The lowest BCUT2D eigenvalue weighted by atomic mass is 9.92. The van der Waals surface area contributed by atoms with Crippen LogP contribution in [0.2, 0.25) is 0 Å². The van der Waals surface area contributed by atoms with Crippen LogP contribution in [0.4, 0.5) is 10.2 Å². The Kier molecular flexibility index (Phi) is 10.9. The van der Waals surface area contributed by atoms with Crippen LogP contribution in [0, 0.1) is 12.7 Å². The molecule has 0 amide bonds. The van der Waals surface area contributed by atoms with Gasteiger partial charge >= 0.3 is 5.97 Å². The average molecular weight is 627 g/mol. The Labute approximate surface area is 264 Å². The molecule has 0 aliphatic carbocycles. The van der Waals surface area contributed by atoms with Crippen LogP contribution < -0.4 is 4.90 Å². The van der Waals surface area contributed by atoms with E-state index in [9.17, 15) is 24.5 Å². The number of aryl methyl sites for hydroxylation is 1. The largest absolute Gasteiger partial charge is 0.508 e. The van der Waals surface area contributed by atoms with Crippen molar-refractivity contribution in [2.75, 3.05) is 24.6 Å². The maximum atomic E-state index is 13.4. The zero-order valence-electron chi connectivity index (χ0n) is 27.2. The number of carboxylic acid groups (broad SMARTS) is 1. The highest BCUT2D eigenvalue weighted by molar-refractivity contribution is 5.78. The molecule has 0 radical (unpaired) electrons. The van der Waals surface area contributed by atoms with Gasteiger partial charge in [-0.25, -0.2) is 14.2 Å². The van der Waals surface area contributed by atoms with Gasteiger partial charge in [0, 0.05) is 37.5 Å². The molecule has 10 nitrogen and oxygen atoms in total. The number of piperidine rings is 1. The quantitative estimate of drug-likeness (QED) is 0.196. The van der Waals surface area contributed by atoms with Crippen molar-refractivity contribution < 1.29 is 34.0 Å². The SMILES string of the molecule is Cc1nc2cc(C=CCc3ccc(F)cc3O)nn2c(N2CCC(C)(OCCCCC(C)O)CC2)c1C(OC(C)(C)C)C(=O)O. The number of benzene rings is 1. The van der Waals surface area contributed by atoms with Crippen molar-refractivity contribution in [3.05, 3.63) is 58.7 Å². The molecule has 0 bridgehead atoms. The summed E-state index contributed by atoms with van der Waals surface area (Å²) in [4.78, 5) is 19.5. The van der Waals surface area contributed by atoms with E-state index in [0.29, 0.717) is 60.1 Å². The van der Waals surface area contributed by atoms with E-state index in [0.717, 1.165) is 38.2 Å². The number of carbonyl (C=O) groups is 1. The molecular weight excluding hydrogens is 579 g/mol. The van der Waals surface area contributed by atoms with Crippen molar-refractivity contribution in [2.24, 2.45) is 0 Å². The summed E-state index contributed by atoms with van der Waals surface area (Å²) in [5, 5.41) is 34.8. The predicted octanol–water partition coefficient (Wildman–Crippen LogP) is 6.01. The van der Waals surface area contributed by atoms with Gasteiger partial charge in [-0.2, -0.15) is 9.61 Å². The van der Waals surface area contributed by atoms with Crippen LogP contribution in [-0.2, 0) is 20.7 Å². The predicted molar refractivity (Wildman–Crippen MR) is 171 cm³/mol. The van der Waals surface area contributed by atoms with Crippen molar-refractivity contribution in [1.29, 1.82) is 0 Å². The Hall–Kier alpha value is -3.54. The maximum Gasteiger partial charge on any atom is 0.337 e. The standard InChI is InChI=1S/C34H47FN4O6/c1-22(40)10-7-8-19-44-34(6)15-17-38(18-16-34)31-29(30(32(42)43)45-33(3,4)5)23(2)36-28-21-26(37-39(28)31)12-9-11-24-13-14-25(35)20-27(24)41/h9,12-14,20-22,30,40-41H,7-8,10-11,15-19H2,1-6H3,(H,42,43). The van der Waals surface area contributed by atoms with E-state index in [4.69, 9.17) is 19.6 Å². The number of phenols is 1. The van der Waals surface area contributed by atoms with Crippen molar-refractivity contribution in [3.8, 4) is 5.75 Å². The van der Waals surface area contributed by atoms with Crippen LogP contribution in [0.15, 0.2) is 30.3 Å². The summed E-state index contributed by atoms with van der Waals surface area (Å²) in [6.45, 7) is 13.0. The summed E-state index contributed by atoms with van der Waals surface area (Å²) in [6.07, 6.45) is 6.44. The molecule has 1 fully saturated rings. The fraction of sp³-hybridized carbons (Fsp3) is 0.559. The number of nitrogens with zero attached hydrogens (tertiary/aromatic N) is 4. The molecule has 246 valence electrons. The van der Waals surface area contributed by atoms with Crippen LogP contribution in [0.25, 0.3) is 11.7 Å². The molecule has 1 aliphatic heterocycles. The highest BCUT2D eigenvalue weighted by Crippen LogP contribution is 2.38. The monoisotopic (exact) mass is 626 g/mol. The fourth-order valence-electron chi connectivity index (χ4n) is 5.62. The van der Waals surface area contributed by atoms with Crippen LogP contribution in [0.5, 0.6) is 5.75 Å². The maximum absolute atomic E-state index is 13.4. The van der Waals surface area contributed by atoms with E-state index in [1.165, 1.54) is 6.07 Å². The number of hydrogen-bond acceptors (Lipinski definition) is 8. The number of fused-ring (bicyclic) bond motifs is 1. The van der Waals surface area contributed by atoms with Crippen molar-refractivity contribution in [2.45, 2.75) is 103 Å². The molecular formula is C34H47FN4O6. The van der Waals surface area contributed by atoms with Crippen LogP contribution in [0.3, 0.4) is 0 Å². The smallest absolute Gasteiger partial charge is 0.337 e. The Morgan fingerprint density at radius 2 is 1.91 bits per heavy atom. The summed E-state index contributed by atoms with van der Waals surface area (Å²) in [5.41, 5.74) is 1.71. The number of aliphatic hydroxyl groups is 1. The van der Waals surface area contributed by atoms with Crippen LogP contribution in [-0.4, -0.2) is 72.9 Å². The lowest BCUT2D eigenvalue weighted by Gasteiger charge is -2.41. The number of ether oxygens (including phenoxy) is 2. The third-order valence-electron chi connectivity index (χ3n) is 8.04. The molecule has 0 spiro atoms. The minimum absolute atomic E-state index is 0.113. The molecule has 45 heavy (non-hydrogen) atoms. The number of anilines is 1. The Balaban J connectivity index is 1.65. The Morgan fingerprint density at radius 1 is 1.20 bits per heavy atom. The summed E-state index contributed by atoms with van der Waals surface area (Å²) >= 11 is 0. The van der Waals surface area contributed by atoms with Gasteiger partial charge in [0.25, 0.3) is 0 Å². The lowest BCUT2D eigenvalue weighted by Crippen LogP contribution is -2.46. The third kappa shape index (κ3) is 9.02. The number of phenolic OH excluding ortho intramolecular Hbond substituents is 1. The van der Waals surface area contributed by atoms with E-state index >= 15 is 0 Å². The number of carboxylic acids is 1. The molecule has 0 saturated carbocycles. The summed E-state index contributed by atoms with van der Waals surface area (Å²) < 4.78 is 27.5. The lowest BCUT2D eigenvalue weighted by molar-refractivity contribution is -0.160. The minimum atomic E-state index is -1.26. The molecule has 3 heterocycles. The molecule has 1 saturated heterocycles. The highest BCUT2D eigenvalue weighted by atomic mass is 19.1. The fourth-order valence-corrected chi connectivity index (χ4v) is 5.62. The minimum Gasteiger partial charge on any atom is -0.508 e. The van der Waals surface area contributed by atoms with Gasteiger partial charge in [-0.05, 0) is 97.8 Å². The number of aromatic hydroxyl groups is 1. The van der Waals surface area contributed by atoms with Gasteiger partial charge in [-0.3, -0.25) is 0 Å². The topological polar surface area (TPSA) is 130 Å².